The number of halogens is 1. The molecule has 1 fully saturated rings. The molecule has 0 unspecified atom stereocenters. The highest BCUT2D eigenvalue weighted by atomic mass is 35.5. The van der Waals surface area contributed by atoms with E-state index < -0.39 is 0 Å². The van der Waals surface area contributed by atoms with Gasteiger partial charge in [0.1, 0.15) is 0 Å². The fraction of sp³-hybridized carbons (Fsp3) is 0.500. The molecule has 1 aromatic carbocycles. The van der Waals surface area contributed by atoms with Gasteiger partial charge >= 0.3 is 0 Å². The minimum atomic E-state index is 0.692. The molecular weight excluding hydrogens is 240 g/mol. The average Bonchev–Trinajstić information content (AvgIpc) is 2.29. The van der Waals surface area contributed by atoms with Crippen LogP contribution in [0, 0.1) is 5.92 Å². The highest BCUT2D eigenvalue weighted by Crippen LogP contribution is 2.26. The lowest BCUT2D eigenvalue weighted by atomic mass is 10.0. The number of thioether (sulfide) groups is 1. The summed E-state index contributed by atoms with van der Waals surface area (Å²) in [6.07, 6.45) is 2.62. The number of nitrogen functional groups attached to an aromatic ring is 1. The summed E-state index contributed by atoms with van der Waals surface area (Å²) in [5.41, 5.74) is 7.62. The molecule has 4 heteroatoms. The number of rotatable bonds is 3. The van der Waals surface area contributed by atoms with E-state index in [1.165, 1.54) is 24.3 Å². The van der Waals surface area contributed by atoms with E-state index in [0.717, 1.165) is 23.8 Å². The first-order valence-electron chi connectivity index (χ1n) is 5.62. The molecule has 1 heterocycles. The third-order valence-corrected chi connectivity index (χ3v) is 4.22. The van der Waals surface area contributed by atoms with Crippen molar-refractivity contribution in [2.45, 2.75) is 12.8 Å². The van der Waals surface area contributed by atoms with Crippen LogP contribution in [0.15, 0.2) is 18.2 Å². The van der Waals surface area contributed by atoms with Gasteiger partial charge in [-0.05, 0) is 48.5 Å². The van der Waals surface area contributed by atoms with E-state index in [1.807, 2.05) is 12.1 Å². The maximum atomic E-state index is 5.89. The normalized spacial score (nSPS) is 17.3. The summed E-state index contributed by atoms with van der Waals surface area (Å²) < 4.78 is 0. The van der Waals surface area contributed by atoms with Gasteiger partial charge in [0.15, 0.2) is 0 Å². The summed E-state index contributed by atoms with van der Waals surface area (Å²) in [4.78, 5) is 0. The van der Waals surface area contributed by atoms with Gasteiger partial charge in [-0.1, -0.05) is 11.6 Å². The second-order valence-electron chi connectivity index (χ2n) is 4.17. The van der Waals surface area contributed by atoms with Crippen molar-refractivity contribution in [3.63, 3.8) is 0 Å². The van der Waals surface area contributed by atoms with E-state index in [2.05, 4.69) is 17.1 Å². The Morgan fingerprint density at radius 1 is 1.38 bits per heavy atom. The molecule has 0 radical (unpaired) electrons. The largest absolute Gasteiger partial charge is 0.397 e. The van der Waals surface area contributed by atoms with Gasteiger partial charge in [-0.2, -0.15) is 11.8 Å². The molecule has 0 aliphatic carbocycles. The molecule has 2 nitrogen and oxygen atoms in total. The minimum absolute atomic E-state index is 0.692. The zero-order valence-corrected chi connectivity index (χ0v) is 10.8. The topological polar surface area (TPSA) is 38.0 Å². The molecule has 16 heavy (non-hydrogen) atoms. The Morgan fingerprint density at radius 2 is 2.12 bits per heavy atom. The van der Waals surface area contributed by atoms with Gasteiger partial charge in [-0.25, -0.2) is 0 Å². The third-order valence-electron chi connectivity index (χ3n) is 2.94. The summed E-state index contributed by atoms with van der Waals surface area (Å²) >= 11 is 7.91. The Labute approximate surface area is 106 Å². The molecule has 88 valence electrons. The van der Waals surface area contributed by atoms with Crippen LogP contribution in [0.25, 0.3) is 0 Å². The molecule has 0 saturated carbocycles. The second kappa shape index (κ2) is 5.69. The third kappa shape index (κ3) is 3.22. The molecule has 0 atom stereocenters. The monoisotopic (exact) mass is 256 g/mol. The van der Waals surface area contributed by atoms with Gasteiger partial charge < -0.3 is 11.1 Å². The molecule has 3 N–H and O–H groups in total. The van der Waals surface area contributed by atoms with Crippen molar-refractivity contribution >= 4 is 34.7 Å². The highest BCUT2D eigenvalue weighted by Gasteiger charge is 2.13. The van der Waals surface area contributed by atoms with Crippen LogP contribution in [0.4, 0.5) is 11.4 Å². The molecule has 0 spiro atoms. The Hall–Kier alpha value is -0.540. The zero-order chi connectivity index (χ0) is 11.4. The van der Waals surface area contributed by atoms with Gasteiger partial charge in [0, 0.05) is 11.6 Å². The summed E-state index contributed by atoms with van der Waals surface area (Å²) in [5.74, 6) is 3.38. The van der Waals surface area contributed by atoms with E-state index in [1.54, 1.807) is 6.07 Å². The molecule has 0 amide bonds. The Balaban J connectivity index is 1.88. The van der Waals surface area contributed by atoms with Crippen LogP contribution in [0.3, 0.4) is 0 Å². The van der Waals surface area contributed by atoms with E-state index >= 15 is 0 Å². The first-order valence-corrected chi connectivity index (χ1v) is 7.15. The Morgan fingerprint density at radius 3 is 2.81 bits per heavy atom. The molecule has 0 aromatic heterocycles. The number of hydrogen-bond acceptors (Lipinski definition) is 3. The molecule has 1 aromatic rings. The Kier molecular flexibility index (Phi) is 4.24. The zero-order valence-electron chi connectivity index (χ0n) is 9.21. The van der Waals surface area contributed by atoms with Crippen molar-refractivity contribution in [1.82, 2.24) is 0 Å². The van der Waals surface area contributed by atoms with Gasteiger partial charge in [0.05, 0.1) is 11.4 Å². The fourth-order valence-electron chi connectivity index (χ4n) is 1.90. The maximum absolute atomic E-state index is 5.89. The first-order chi connectivity index (χ1) is 7.75. The lowest BCUT2D eigenvalue weighted by Crippen LogP contribution is -2.19. The number of anilines is 2. The lowest BCUT2D eigenvalue weighted by molar-refractivity contribution is 0.516. The van der Waals surface area contributed by atoms with Gasteiger partial charge in [-0.15, -0.1) is 0 Å². The van der Waals surface area contributed by atoms with Gasteiger partial charge in [-0.3, -0.25) is 0 Å². The quantitative estimate of drug-likeness (QED) is 0.814. The van der Waals surface area contributed by atoms with Crippen LogP contribution in [0.2, 0.25) is 5.02 Å². The summed E-state index contributed by atoms with van der Waals surface area (Å²) in [7, 11) is 0. The van der Waals surface area contributed by atoms with Crippen LogP contribution >= 0.6 is 23.4 Å². The van der Waals surface area contributed by atoms with Crippen molar-refractivity contribution in [2.24, 2.45) is 5.92 Å². The summed E-state index contributed by atoms with van der Waals surface area (Å²) in [5, 5.41) is 4.11. The predicted molar refractivity (Wildman–Crippen MR) is 74.4 cm³/mol. The Bertz CT molecular complexity index is 351. The van der Waals surface area contributed by atoms with E-state index in [-0.39, 0.29) is 0 Å². The second-order valence-corrected chi connectivity index (χ2v) is 5.83. The van der Waals surface area contributed by atoms with Gasteiger partial charge in [0.25, 0.3) is 0 Å². The van der Waals surface area contributed by atoms with Crippen molar-refractivity contribution < 1.29 is 0 Å². The van der Waals surface area contributed by atoms with Crippen molar-refractivity contribution in [1.29, 1.82) is 0 Å². The van der Waals surface area contributed by atoms with Crippen LogP contribution in [0.1, 0.15) is 12.8 Å². The molecule has 1 aliphatic rings. The van der Waals surface area contributed by atoms with Crippen molar-refractivity contribution in [3.05, 3.63) is 23.2 Å². The van der Waals surface area contributed by atoms with Gasteiger partial charge in [0.2, 0.25) is 0 Å². The highest BCUT2D eigenvalue weighted by molar-refractivity contribution is 7.99. The van der Waals surface area contributed by atoms with Crippen LogP contribution in [0.5, 0.6) is 0 Å². The number of nitrogens with two attached hydrogens (primary N) is 1. The van der Waals surface area contributed by atoms with Crippen LogP contribution in [-0.4, -0.2) is 18.1 Å². The number of benzene rings is 1. The van der Waals surface area contributed by atoms with Crippen molar-refractivity contribution in [3.8, 4) is 0 Å². The molecule has 2 rings (SSSR count). The van der Waals surface area contributed by atoms with E-state index in [4.69, 9.17) is 17.3 Å². The average molecular weight is 257 g/mol. The molecule has 1 aliphatic heterocycles. The number of nitrogens with one attached hydrogen (secondary N) is 1. The standard InChI is InChI=1S/C12H17ClN2S/c13-10-1-2-12(11(14)7-10)15-8-9-3-5-16-6-4-9/h1-2,7,9,15H,3-6,8,14H2. The maximum Gasteiger partial charge on any atom is 0.0575 e. The van der Waals surface area contributed by atoms with Crippen molar-refractivity contribution in [2.75, 3.05) is 29.1 Å². The SMILES string of the molecule is Nc1cc(Cl)ccc1NCC1CCSCC1. The van der Waals surface area contributed by atoms with Crippen LogP contribution < -0.4 is 11.1 Å². The van der Waals surface area contributed by atoms with E-state index in [9.17, 15) is 0 Å². The first kappa shape index (κ1) is 11.9. The van der Waals surface area contributed by atoms with E-state index in [0.29, 0.717) is 5.02 Å². The molecular formula is C12H17ClN2S. The summed E-state index contributed by atoms with van der Waals surface area (Å²) in [6, 6.07) is 5.62. The molecule has 1 saturated heterocycles. The minimum Gasteiger partial charge on any atom is -0.397 e. The smallest absolute Gasteiger partial charge is 0.0575 e. The fourth-order valence-corrected chi connectivity index (χ4v) is 3.28. The number of hydrogen-bond donors (Lipinski definition) is 2. The van der Waals surface area contributed by atoms with Crippen LogP contribution in [-0.2, 0) is 0 Å². The summed E-state index contributed by atoms with van der Waals surface area (Å²) in [6.45, 7) is 1.02. The predicted octanol–water partition coefficient (Wildman–Crippen LogP) is 3.48. The molecule has 0 bridgehead atoms. The lowest BCUT2D eigenvalue weighted by Gasteiger charge is -2.22.